The minimum Gasteiger partial charge on any atom is -0.353 e. The molecule has 1 aliphatic rings. The highest BCUT2D eigenvalue weighted by molar-refractivity contribution is 5.84. The van der Waals surface area contributed by atoms with Crippen LogP contribution in [-0.4, -0.2) is 25.3 Å². The molecule has 1 aliphatic heterocycles. The van der Waals surface area contributed by atoms with Gasteiger partial charge in [-0.25, -0.2) is 0 Å². The zero-order chi connectivity index (χ0) is 10.4. The fourth-order valence-electron chi connectivity index (χ4n) is 1.21. The Balaban J connectivity index is 2.19. The zero-order valence-electron chi connectivity index (χ0n) is 8.36. The maximum absolute atomic E-state index is 11.2. The summed E-state index contributed by atoms with van der Waals surface area (Å²) < 4.78 is 10.5. The summed E-state index contributed by atoms with van der Waals surface area (Å²) in [6, 6.07) is 1.88. The minimum absolute atomic E-state index is 0.0145. The molecule has 1 fully saturated rings. The van der Waals surface area contributed by atoms with Crippen molar-refractivity contribution in [3.05, 3.63) is 0 Å². The molecule has 0 bridgehead atoms. The van der Waals surface area contributed by atoms with Crippen molar-refractivity contribution in [1.29, 1.82) is 5.26 Å². The van der Waals surface area contributed by atoms with Crippen LogP contribution in [0.4, 0.5) is 0 Å². The van der Waals surface area contributed by atoms with E-state index in [0.29, 0.717) is 6.61 Å². The largest absolute Gasteiger partial charge is 0.353 e. The number of ketones is 1. The highest BCUT2D eigenvalue weighted by Crippen LogP contribution is 2.13. The van der Waals surface area contributed by atoms with Crippen LogP contribution in [0.2, 0.25) is 0 Å². The molecule has 4 nitrogen and oxygen atoms in total. The summed E-state index contributed by atoms with van der Waals surface area (Å²) in [6.45, 7) is 2.26. The monoisotopic (exact) mass is 197 g/mol. The number of ether oxygens (including phenoxy) is 2. The molecular formula is C10H15NO3. The maximum atomic E-state index is 11.2. The fourth-order valence-corrected chi connectivity index (χ4v) is 1.21. The molecular weight excluding hydrogens is 182 g/mol. The van der Waals surface area contributed by atoms with Gasteiger partial charge in [0, 0.05) is 6.61 Å². The first-order chi connectivity index (χ1) is 6.74. The molecule has 0 aromatic heterocycles. The van der Waals surface area contributed by atoms with Crippen LogP contribution in [0.15, 0.2) is 0 Å². The minimum atomic E-state index is -0.585. The van der Waals surface area contributed by atoms with E-state index in [1.165, 1.54) is 0 Å². The molecule has 14 heavy (non-hydrogen) atoms. The third kappa shape index (κ3) is 3.44. The van der Waals surface area contributed by atoms with Crippen molar-refractivity contribution in [2.45, 2.75) is 32.5 Å². The first kappa shape index (κ1) is 11.2. The van der Waals surface area contributed by atoms with Gasteiger partial charge in [0.2, 0.25) is 0 Å². The van der Waals surface area contributed by atoms with Gasteiger partial charge in [0.05, 0.1) is 6.07 Å². The van der Waals surface area contributed by atoms with E-state index < -0.39 is 5.92 Å². The lowest BCUT2D eigenvalue weighted by atomic mass is 10.1. The van der Waals surface area contributed by atoms with Gasteiger partial charge in [-0.2, -0.15) is 5.26 Å². The molecule has 0 spiro atoms. The number of Topliss-reactive ketones (excluding diaryl/α,β-unsaturated/α-hetero) is 1. The van der Waals surface area contributed by atoms with Crippen molar-refractivity contribution in [1.82, 2.24) is 0 Å². The first-order valence-electron chi connectivity index (χ1n) is 4.89. The van der Waals surface area contributed by atoms with Crippen molar-refractivity contribution in [2.75, 3.05) is 13.2 Å². The Hall–Kier alpha value is -0.920. The van der Waals surface area contributed by atoms with Gasteiger partial charge in [-0.3, -0.25) is 4.79 Å². The molecule has 2 unspecified atom stereocenters. The van der Waals surface area contributed by atoms with E-state index in [1.807, 2.05) is 6.07 Å². The van der Waals surface area contributed by atoms with Crippen LogP contribution in [0, 0.1) is 17.2 Å². The van der Waals surface area contributed by atoms with Crippen molar-refractivity contribution >= 4 is 5.78 Å². The van der Waals surface area contributed by atoms with Gasteiger partial charge in [0.25, 0.3) is 0 Å². The van der Waals surface area contributed by atoms with Crippen LogP contribution in [0.1, 0.15) is 26.2 Å². The molecule has 0 radical (unpaired) electrons. The summed E-state index contributed by atoms with van der Waals surface area (Å²) in [5, 5.41) is 8.48. The second kappa shape index (κ2) is 5.74. The fraction of sp³-hybridized carbons (Fsp3) is 0.800. The van der Waals surface area contributed by atoms with Crippen molar-refractivity contribution in [3.8, 4) is 6.07 Å². The van der Waals surface area contributed by atoms with Gasteiger partial charge in [0.1, 0.15) is 12.5 Å². The molecule has 0 aromatic rings. The van der Waals surface area contributed by atoms with Gasteiger partial charge in [-0.05, 0) is 26.2 Å². The quantitative estimate of drug-likeness (QED) is 0.680. The van der Waals surface area contributed by atoms with E-state index >= 15 is 0 Å². The number of hydrogen-bond donors (Lipinski definition) is 0. The van der Waals surface area contributed by atoms with Crippen LogP contribution < -0.4 is 0 Å². The van der Waals surface area contributed by atoms with Gasteiger partial charge in [-0.15, -0.1) is 0 Å². The van der Waals surface area contributed by atoms with E-state index in [4.69, 9.17) is 14.7 Å². The Kier molecular flexibility index (Phi) is 4.57. The predicted octanol–water partition coefficient (Wildman–Crippen LogP) is 1.26. The molecule has 1 saturated heterocycles. The second-order valence-corrected chi connectivity index (χ2v) is 3.42. The third-order valence-electron chi connectivity index (χ3n) is 2.23. The Morgan fingerprint density at radius 3 is 3.07 bits per heavy atom. The second-order valence-electron chi connectivity index (χ2n) is 3.42. The SMILES string of the molecule is CC(C#N)C(=O)COC1CCCCO1. The number of nitrogens with zero attached hydrogens (tertiary/aromatic N) is 1. The van der Waals surface area contributed by atoms with Gasteiger partial charge < -0.3 is 9.47 Å². The Bertz CT molecular complexity index is 228. The smallest absolute Gasteiger partial charge is 0.175 e. The normalized spacial score (nSPS) is 23.9. The molecule has 1 heterocycles. The predicted molar refractivity (Wildman–Crippen MR) is 49.3 cm³/mol. The third-order valence-corrected chi connectivity index (χ3v) is 2.23. The molecule has 1 rings (SSSR count). The lowest BCUT2D eigenvalue weighted by Crippen LogP contribution is -2.26. The number of nitriles is 1. The Morgan fingerprint density at radius 1 is 1.71 bits per heavy atom. The summed E-state index contributed by atoms with van der Waals surface area (Å²) in [4.78, 5) is 11.2. The van der Waals surface area contributed by atoms with Crippen molar-refractivity contribution in [2.24, 2.45) is 5.92 Å². The first-order valence-corrected chi connectivity index (χ1v) is 4.89. The summed E-state index contributed by atoms with van der Waals surface area (Å²) in [6.07, 6.45) is 2.72. The van der Waals surface area contributed by atoms with Crippen LogP contribution in [0.5, 0.6) is 0 Å². The van der Waals surface area contributed by atoms with E-state index in [9.17, 15) is 4.79 Å². The average molecular weight is 197 g/mol. The Morgan fingerprint density at radius 2 is 2.50 bits per heavy atom. The lowest BCUT2D eigenvalue weighted by molar-refractivity contribution is -0.169. The number of hydrogen-bond acceptors (Lipinski definition) is 4. The number of rotatable bonds is 4. The van der Waals surface area contributed by atoms with Crippen molar-refractivity contribution in [3.63, 3.8) is 0 Å². The Labute approximate surface area is 83.8 Å². The maximum Gasteiger partial charge on any atom is 0.175 e. The molecule has 0 saturated carbocycles. The standard InChI is InChI=1S/C10H15NO3/c1-8(6-11)9(12)7-14-10-4-2-3-5-13-10/h8,10H,2-5,7H2,1H3. The van der Waals surface area contributed by atoms with Crippen LogP contribution in [0.3, 0.4) is 0 Å². The van der Waals surface area contributed by atoms with Crippen LogP contribution in [-0.2, 0) is 14.3 Å². The summed E-state index contributed by atoms with van der Waals surface area (Å²) in [5.41, 5.74) is 0. The molecule has 78 valence electrons. The average Bonchev–Trinajstić information content (AvgIpc) is 2.26. The molecule has 2 atom stereocenters. The highest BCUT2D eigenvalue weighted by Gasteiger charge is 2.18. The van der Waals surface area contributed by atoms with E-state index in [0.717, 1.165) is 19.3 Å². The lowest BCUT2D eigenvalue weighted by Gasteiger charge is -2.22. The van der Waals surface area contributed by atoms with E-state index in [1.54, 1.807) is 6.92 Å². The topological polar surface area (TPSA) is 59.3 Å². The molecule has 4 heteroatoms. The van der Waals surface area contributed by atoms with Gasteiger partial charge >= 0.3 is 0 Å². The summed E-state index contributed by atoms with van der Waals surface area (Å²) >= 11 is 0. The zero-order valence-corrected chi connectivity index (χ0v) is 8.36. The van der Waals surface area contributed by atoms with Gasteiger partial charge in [0.15, 0.2) is 12.1 Å². The molecule has 0 N–H and O–H groups in total. The molecule has 0 amide bonds. The van der Waals surface area contributed by atoms with E-state index in [-0.39, 0.29) is 18.7 Å². The summed E-state index contributed by atoms with van der Waals surface area (Å²) in [5.74, 6) is -0.764. The number of carbonyl (C=O) groups is 1. The van der Waals surface area contributed by atoms with Crippen LogP contribution in [0.25, 0.3) is 0 Å². The van der Waals surface area contributed by atoms with E-state index in [2.05, 4.69) is 0 Å². The molecule has 0 aliphatic carbocycles. The number of carbonyl (C=O) groups excluding carboxylic acids is 1. The van der Waals surface area contributed by atoms with Gasteiger partial charge in [-0.1, -0.05) is 0 Å². The van der Waals surface area contributed by atoms with Crippen LogP contribution >= 0.6 is 0 Å². The summed E-state index contributed by atoms with van der Waals surface area (Å²) in [7, 11) is 0. The molecule has 0 aromatic carbocycles. The highest BCUT2D eigenvalue weighted by atomic mass is 16.7. The van der Waals surface area contributed by atoms with Crippen molar-refractivity contribution < 1.29 is 14.3 Å².